The van der Waals surface area contributed by atoms with Crippen molar-refractivity contribution in [2.75, 3.05) is 19.5 Å². The topological polar surface area (TPSA) is 102 Å². The molecule has 2 N–H and O–H groups in total. The monoisotopic (exact) mass is 363 g/mol. The number of H-pyrrole nitrogens is 1. The molecule has 4 aromatic rings. The van der Waals surface area contributed by atoms with E-state index in [-0.39, 0.29) is 11.5 Å². The van der Waals surface area contributed by atoms with Gasteiger partial charge in [0.1, 0.15) is 16.9 Å². The van der Waals surface area contributed by atoms with Crippen LogP contribution in [0.25, 0.3) is 21.8 Å². The number of rotatable bonds is 4. The number of nitrogens with one attached hydrogen (secondary N) is 2. The third-order valence-electron chi connectivity index (χ3n) is 4.24. The quantitative estimate of drug-likeness (QED) is 0.575. The molecule has 0 saturated heterocycles. The van der Waals surface area contributed by atoms with E-state index < -0.39 is 0 Å². The first-order valence-electron chi connectivity index (χ1n) is 8.25. The molecule has 136 valence electrons. The first-order valence-corrected chi connectivity index (χ1v) is 8.25. The van der Waals surface area contributed by atoms with E-state index >= 15 is 0 Å². The van der Waals surface area contributed by atoms with Crippen LogP contribution in [0.5, 0.6) is 11.5 Å². The fourth-order valence-electron chi connectivity index (χ4n) is 2.94. The van der Waals surface area contributed by atoms with Crippen molar-refractivity contribution in [3.05, 3.63) is 52.4 Å². The van der Waals surface area contributed by atoms with Gasteiger partial charge in [-0.25, -0.2) is 15.0 Å². The average Bonchev–Trinajstić information content (AvgIpc) is 2.67. The Morgan fingerprint density at radius 2 is 1.85 bits per heavy atom. The van der Waals surface area contributed by atoms with Gasteiger partial charge in [-0.05, 0) is 37.3 Å². The standard InChI is InChI=1S/C19H17N5O3/c1-10-12-9-11(26-2)7-8-13(12)21-18(20-10)24-19-22-14-5-4-6-15(27-3)16(14)17(25)23-19/h4-9H,1-3H3,(H2,20,21,22,23,24,25). The number of hydrogen-bond acceptors (Lipinski definition) is 7. The summed E-state index contributed by atoms with van der Waals surface area (Å²) >= 11 is 0. The lowest BCUT2D eigenvalue weighted by molar-refractivity contribution is 0.415. The van der Waals surface area contributed by atoms with E-state index in [1.165, 1.54) is 7.11 Å². The highest BCUT2D eigenvalue weighted by Gasteiger charge is 2.11. The summed E-state index contributed by atoms with van der Waals surface area (Å²) in [6.07, 6.45) is 0. The Kier molecular flexibility index (Phi) is 4.08. The zero-order valence-electron chi connectivity index (χ0n) is 15.0. The van der Waals surface area contributed by atoms with Gasteiger partial charge >= 0.3 is 0 Å². The van der Waals surface area contributed by atoms with Crippen molar-refractivity contribution in [2.24, 2.45) is 0 Å². The fourth-order valence-corrected chi connectivity index (χ4v) is 2.94. The number of fused-ring (bicyclic) bond motifs is 2. The fraction of sp³-hybridized carbons (Fsp3) is 0.158. The molecule has 0 unspecified atom stereocenters. The molecule has 0 aliphatic heterocycles. The smallest absolute Gasteiger partial charge is 0.263 e. The van der Waals surface area contributed by atoms with Crippen LogP contribution in [0.15, 0.2) is 41.2 Å². The molecule has 2 aromatic carbocycles. The number of aromatic nitrogens is 4. The Morgan fingerprint density at radius 1 is 1.00 bits per heavy atom. The number of nitrogens with zero attached hydrogens (tertiary/aromatic N) is 3. The first-order chi connectivity index (χ1) is 13.1. The van der Waals surface area contributed by atoms with Crippen LogP contribution in [0.3, 0.4) is 0 Å². The minimum absolute atomic E-state index is 0.257. The van der Waals surface area contributed by atoms with Gasteiger partial charge in [-0.2, -0.15) is 0 Å². The van der Waals surface area contributed by atoms with Crippen molar-refractivity contribution in [2.45, 2.75) is 6.92 Å². The summed E-state index contributed by atoms with van der Waals surface area (Å²) in [5, 5.41) is 4.26. The van der Waals surface area contributed by atoms with Gasteiger partial charge in [-0.3, -0.25) is 15.1 Å². The van der Waals surface area contributed by atoms with Crippen LogP contribution >= 0.6 is 0 Å². The van der Waals surface area contributed by atoms with Gasteiger partial charge in [-0.1, -0.05) is 6.07 Å². The summed E-state index contributed by atoms with van der Waals surface area (Å²) in [7, 11) is 3.13. The van der Waals surface area contributed by atoms with Gasteiger partial charge < -0.3 is 9.47 Å². The van der Waals surface area contributed by atoms with Crippen LogP contribution in [0.1, 0.15) is 5.69 Å². The molecule has 27 heavy (non-hydrogen) atoms. The van der Waals surface area contributed by atoms with Gasteiger partial charge in [0.05, 0.1) is 30.9 Å². The SMILES string of the molecule is COc1ccc2nc(Nc3nc4cccc(OC)c4c(=O)[nH]3)nc(C)c2c1. The molecule has 0 spiro atoms. The largest absolute Gasteiger partial charge is 0.497 e. The molecule has 0 amide bonds. The number of anilines is 2. The molecule has 0 aliphatic rings. The summed E-state index contributed by atoms with van der Waals surface area (Å²) in [5.74, 6) is 1.81. The van der Waals surface area contributed by atoms with Crippen LogP contribution in [0, 0.1) is 6.92 Å². The van der Waals surface area contributed by atoms with Crippen molar-refractivity contribution in [1.82, 2.24) is 19.9 Å². The van der Waals surface area contributed by atoms with Crippen LogP contribution in [-0.4, -0.2) is 34.2 Å². The van der Waals surface area contributed by atoms with Crippen molar-refractivity contribution < 1.29 is 9.47 Å². The van der Waals surface area contributed by atoms with Crippen LogP contribution < -0.4 is 20.3 Å². The van der Waals surface area contributed by atoms with Gasteiger partial charge in [0, 0.05) is 5.39 Å². The predicted octanol–water partition coefficient (Wildman–Crippen LogP) is 2.94. The van der Waals surface area contributed by atoms with Gasteiger partial charge in [0.25, 0.3) is 5.56 Å². The zero-order valence-corrected chi connectivity index (χ0v) is 15.0. The molecule has 0 bridgehead atoms. The van der Waals surface area contributed by atoms with Crippen LogP contribution in [0.2, 0.25) is 0 Å². The van der Waals surface area contributed by atoms with Crippen molar-refractivity contribution in [3.8, 4) is 11.5 Å². The van der Waals surface area contributed by atoms with E-state index in [1.54, 1.807) is 25.3 Å². The third kappa shape index (κ3) is 3.01. The second-order valence-corrected chi connectivity index (χ2v) is 5.91. The Labute approximate surface area is 154 Å². The number of ether oxygens (including phenoxy) is 2. The third-order valence-corrected chi connectivity index (χ3v) is 4.24. The molecule has 0 atom stereocenters. The maximum Gasteiger partial charge on any atom is 0.263 e. The number of benzene rings is 2. The Bertz CT molecular complexity index is 1220. The van der Waals surface area contributed by atoms with E-state index in [2.05, 4.69) is 25.3 Å². The van der Waals surface area contributed by atoms with E-state index in [4.69, 9.17) is 9.47 Å². The van der Waals surface area contributed by atoms with Gasteiger partial charge in [0.15, 0.2) is 0 Å². The number of hydrogen-bond donors (Lipinski definition) is 2. The summed E-state index contributed by atoms with van der Waals surface area (Å²) in [5.41, 5.74) is 1.76. The highest BCUT2D eigenvalue weighted by Crippen LogP contribution is 2.24. The number of methoxy groups -OCH3 is 2. The second kappa shape index (κ2) is 6.56. The molecule has 0 fully saturated rings. The van der Waals surface area contributed by atoms with E-state index in [1.807, 2.05) is 25.1 Å². The van der Waals surface area contributed by atoms with Crippen LogP contribution in [0.4, 0.5) is 11.9 Å². The number of aryl methyl sites for hydroxylation is 1. The molecule has 0 aliphatic carbocycles. The van der Waals surface area contributed by atoms with Crippen LogP contribution in [-0.2, 0) is 0 Å². The maximum atomic E-state index is 12.4. The van der Waals surface area contributed by atoms with Crippen molar-refractivity contribution in [3.63, 3.8) is 0 Å². The minimum atomic E-state index is -0.304. The zero-order chi connectivity index (χ0) is 19.0. The van der Waals surface area contributed by atoms with Gasteiger partial charge in [-0.15, -0.1) is 0 Å². The molecule has 2 heterocycles. The van der Waals surface area contributed by atoms with E-state index in [0.717, 1.165) is 22.3 Å². The average molecular weight is 363 g/mol. The molecule has 2 aromatic heterocycles. The highest BCUT2D eigenvalue weighted by atomic mass is 16.5. The van der Waals surface area contributed by atoms with E-state index in [9.17, 15) is 4.79 Å². The molecular formula is C19H17N5O3. The summed E-state index contributed by atoms with van der Waals surface area (Å²) in [6.45, 7) is 1.88. The molecule has 0 saturated carbocycles. The molecule has 4 rings (SSSR count). The minimum Gasteiger partial charge on any atom is -0.497 e. The Balaban J connectivity index is 1.77. The molecule has 0 radical (unpaired) electrons. The number of aromatic amines is 1. The highest BCUT2D eigenvalue weighted by molar-refractivity contribution is 5.86. The molecule has 8 nitrogen and oxygen atoms in total. The molecular weight excluding hydrogens is 346 g/mol. The lowest BCUT2D eigenvalue weighted by Gasteiger charge is -2.09. The van der Waals surface area contributed by atoms with Crippen molar-refractivity contribution in [1.29, 1.82) is 0 Å². The van der Waals surface area contributed by atoms with Crippen molar-refractivity contribution >= 4 is 33.7 Å². The summed E-state index contributed by atoms with van der Waals surface area (Å²) in [4.78, 5) is 28.5. The maximum absolute atomic E-state index is 12.4. The normalized spacial score (nSPS) is 10.9. The van der Waals surface area contributed by atoms with Gasteiger partial charge in [0.2, 0.25) is 11.9 Å². The first kappa shape index (κ1) is 16.8. The second-order valence-electron chi connectivity index (χ2n) is 5.91. The Morgan fingerprint density at radius 3 is 2.63 bits per heavy atom. The summed E-state index contributed by atoms with van der Waals surface area (Å²) < 4.78 is 10.5. The summed E-state index contributed by atoms with van der Waals surface area (Å²) in [6, 6.07) is 10.8. The molecule has 8 heteroatoms. The van der Waals surface area contributed by atoms with E-state index in [0.29, 0.717) is 22.6 Å². The Hall–Kier alpha value is -3.68. The lowest BCUT2D eigenvalue weighted by atomic mass is 10.2. The lowest BCUT2D eigenvalue weighted by Crippen LogP contribution is -2.13. The predicted molar refractivity (Wildman–Crippen MR) is 103 cm³/mol.